The highest BCUT2D eigenvalue weighted by molar-refractivity contribution is 9.10. The standard InChI is InChI=1S/C14H15BrClNS/c1-3-17-9(2)11-5-4-10(8-13(11)16)14-12(15)6-7-18-14/h4-9,17H,3H2,1-2H3. The van der Waals surface area contributed by atoms with Crippen molar-refractivity contribution >= 4 is 38.9 Å². The lowest BCUT2D eigenvalue weighted by molar-refractivity contribution is 0.598. The van der Waals surface area contributed by atoms with E-state index in [0.717, 1.165) is 27.2 Å². The quantitative estimate of drug-likeness (QED) is 0.772. The number of thiophene rings is 1. The fraction of sp³-hybridized carbons (Fsp3) is 0.286. The molecule has 0 radical (unpaired) electrons. The molecule has 1 heterocycles. The van der Waals surface area contributed by atoms with Crippen LogP contribution in [0, 0.1) is 0 Å². The van der Waals surface area contributed by atoms with Gasteiger partial charge in [-0.3, -0.25) is 0 Å². The summed E-state index contributed by atoms with van der Waals surface area (Å²) in [6.07, 6.45) is 0. The first-order valence-electron chi connectivity index (χ1n) is 5.89. The number of hydrogen-bond acceptors (Lipinski definition) is 2. The van der Waals surface area contributed by atoms with Crippen LogP contribution in [0.4, 0.5) is 0 Å². The lowest BCUT2D eigenvalue weighted by Gasteiger charge is -2.15. The molecule has 1 aromatic heterocycles. The molecule has 0 amide bonds. The smallest absolute Gasteiger partial charge is 0.0485 e. The van der Waals surface area contributed by atoms with Crippen LogP contribution in [0.25, 0.3) is 10.4 Å². The van der Waals surface area contributed by atoms with Gasteiger partial charge in [-0.05, 0) is 58.0 Å². The summed E-state index contributed by atoms with van der Waals surface area (Å²) in [6.45, 7) is 5.17. The lowest BCUT2D eigenvalue weighted by Crippen LogP contribution is -2.17. The van der Waals surface area contributed by atoms with Crippen molar-refractivity contribution in [2.24, 2.45) is 0 Å². The van der Waals surface area contributed by atoms with Crippen LogP contribution >= 0.6 is 38.9 Å². The van der Waals surface area contributed by atoms with Gasteiger partial charge in [-0.15, -0.1) is 11.3 Å². The molecule has 0 saturated heterocycles. The normalized spacial score (nSPS) is 12.7. The van der Waals surface area contributed by atoms with Gasteiger partial charge in [0.2, 0.25) is 0 Å². The molecule has 0 aliphatic carbocycles. The highest BCUT2D eigenvalue weighted by atomic mass is 79.9. The monoisotopic (exact) mass is 343 g/mol. The Morgan fingerprint density at radius 1 is 1.39 bits per heavy atom. The molecule has 1 atom stereocenters. The van der Waals surface area contributed by atoms with Crippen molar-refractivity contribution in [3.8, 4) is 10.4 Å². The van der Waals surface area contributed by atoms with Crippen molar-refractivity contribution in [1.29, 1.82) is 0 Å². The van der Waals surface area contributed by atoms with Gasteiger partial charge in [-0.1, -0.05) is 30.7 Å². The van der Waals surface area contributed by atoms with Crippen LogP contribution in [0.15, 0.2) is 34.1 Å². The molecule has 1 aromatic carbocycles. The van der Waals surface area contributed by atoms with Crippen LogP contribution in [0.5, 0.6) is 0 Å². The van der Waals surface area contributed by atoms with E-state index in [1.807, 2.05) is 6.07 Å². The first-order valence-corrected chi connectivity index (χ1v) is 7.94. The third-order valence-corrected chi connectivity index (χ3v) is 5.07. The molecule has 1 nitrogen and oxygen atoms in total. The second-order valence-electron chi connectivity index (χ2n) is 4.11. The Bertz CT molecular complexity index is 538. The summed E-state index contributed by atoms with van der Waals surface area (Å²) < 4.78 is 1.12. The molecule has 2 aromatic rings. The summed E-state index contributed by atoms with van der Waals surface area (Å²) in [5, 5.41) is 6.27. The van der Waals surface area contributed by atoms with E-state index < -0.39 is 0 Å². The first-order chi connectivity index (χ1) is 8.63. The first kappa shape index (κ1) is 14.1. The topological polar surface area (TPSA) is 12.0 Å². The van der Waals surface area contributed by atoms with Crippen molar-refractivity contribution in [3.63, 3.8) is 0 Å². The summed E-state index contributed by atoms with van der Waals surface area (Å²) in [4.78, 5) is 1.22. The van der Waals surface area contributed by atoms with Crippen LogP contribution in [0.1, 0.15) is 25.5 Å². The van der Waals surface area contributed by atoms with E-state index in [1.54, 1.807) is 11.3 Å². The summed E-state index contributed by atoms with van der Waals surface area (Å²) in [6, 6.07) is 8.62. The average Bonchev–Trinajstić information content (AvgIpc) is 2.75. The molecule has 1 unspecified atom stereocenters. The minimum atomic E-state index is 0.281. The van der Waals surface area contributed by atoms with E-state index in [0.29, 0.717) is 0 Å². The molecule has 0 bridgehead atoms. The molecule has 0 aliphatic rings. The third-order valence-electron chi connectivity index (χ3n) is 2.86. The van der Waals surface area contributed by atoms with Gasteiger partial charge in [0.25, 0.3) is 0 Å². The lowest BCUT2D eigenvalue weighted by atomic mass is 10.1. The maximum Gasteiger partial charge on any atom is 0.0485 e. The average molecular weight is 345 g/mol. The Kier molecular flexibility index (Phi) is 4.84. The highest BCUT2D eigenvalue weighted by Crippen LogP contribution is 2.36. The zero-order chi connectivity index (χ0) is 13.1. The third kappa shape index (κ3) is 2.97. The van der Waals surface area contributed by atoms with Crippen molar-refractivity contribution in [2.45, 2.75) is 19.9 Å². The number of hydrogen-bond donors (Lipinski definition) is 1. The summed E-state index contributed by atoms with van der Waals surface area (Å²) in [5.41, 5.74) is 2.31. The Labute approximate surface area is 125 Å². The fourth-order valence-corrected chi connectivity index (χ4v) is 3.88. The van der Waals surface area contributed by atoms with Gasteiger partial charge < -0.3 is 5.32 Å². The molecule has 2 rings (SSSR count). The highest BCUT2D eigenvalue weighted by Gasteiger charge is 2.11. The van der Waals surface area contributed by atoms with Gasteiger partial charge in [0.05, 0.1) is 0 Å². The Hall–Kier alpha value is -0.350. The minimum absolute atomic E-state index is 0.281. The largest absolute Gasteiger partial charge is 0.310 e. The minimum Gasteiger partial charge on any atom is -0.310 e. The second kappa shape index (κ2) is 6.20. The Morgan fingerprint density at radius 3 is 2.72 bits per heavy atom. The molecule has 4 heteroatoms. The molecular formula is C14H15BrClNS. The number of benzene rings is 1. The van der Waals surface area contributed by atoms with E-state index in [9.17, 15) is 0 Å². The van der Waals surface area contributed by atoms with E-state index in [4.69, 9.17) is 11.6 Å². The van der Waals surface area contributed by atoms with E-state index in [-0.39, 0.29) is 6.04 Å². The van der Waals surface area contributed by atoms with Crippen molar-refractivity contribution < 1.29 is 0 Å². The maximum atomic E-state index is 6.38. The molecule has 0 saturated carbocycles. The number of halogens is 2. The van der Waals surface area contributed by atoms with Gasteiger partial charge in [-0.25, -0.2) is 0 Å². The van der Waals surface area contributed by atoms with Gasteiger partial charge in [0.1, 0.15) is 0 Å². The predicted octanol–water partition coefficient (Wildman–Crippen LogP) is 5.50. The van der Waals surface area contributed by atoms with Gasteiger partial charge in [-0.2, -0.15) is 0 Å². The Morgan fingerprint density at radius 2 is 2.17 bits per heavy atom. The van der Waals surface area contributed by atoms with Gasteiger partial charge >= 0.3 is 0 Å². The van der Waals surface area contributed by atoms with Crippen LogP contribution in [-0.2, 0) is 0 Å². The Balaban J connectivity index is 2.33. The van der Waals surface area contributed by atoms with Gasteiger partial charge in [0.15, 0.2) is 0 Å². The number of rotatable bonds is 4. The van der Waals surface area contributed by atoms with E-state index >= 15 is 0 Å². The van der Waals surface area contributed by atoms with Gasteiger partial charge in [0, 0.05) is 20.4 Å². The molecule has 0 fully saturated rings. The molecular weight excluding hydrogens is 330 g/mol. The SMILES string of the molecule is CCNC(C)c1ccc(-c2sccc2Br)cc1Cl. The predicted molar refractivity (Wildman–Crippen MR) is 84.6 cm³/mol. The molecule has 0 aliphatic heterocycles. The summed E-state index contributed by atoms with van der Waals surface area (Å²) in [5.74, 6) is 0. The number of nitrogens with one attached hydrogen (secondary N) is 1. The molecule has 0 spiro atoms. The second-order valence-corrected chi connectivity index (χ2v) is 6.29. The zero-order valence-electron chi connectivity index (χ0n) is 10.3. The molecule has 1 N–H and O–H groups in total. The van der Waals surface area contributed by atoms with Crippen molar-refractivity contribution in [3.05, 3.63) is 44.7 Å². The fourth-order valence-electron chi connectivity index (χ4n) is 1.94. The summed E-state index contributed by atoms with van der Waals surface area (Å²) >= 11 is 11.6. The zero-order valence-corrected chi connectivity index (χ0v) is 13.5. The molecule has 18 heavy (non-hydrogen) atoms. The van der Waals surface area contributed by atoms with Crippen molar-refractivity contribution in [1.82, 2.24) is 5.32 Å². The summed E-state index contributed by atoms with van der Waals surface area (Å²) in [7, 11) is 0. The van der Waals surface area contributed by atoms with Crippen LogP contribution in [0.2, 0.25) is 5.02 Å². The van der Waals surface area contributed by atoms with Crippen LogP contribution in [-0.4, -0.2) is 6.54 Å². The van der Waals surface area contributed by atoms with Crippen molar-refractivity contribution in [2.75, 3.05) is 6.54 Å². The van der Waals surface area contributed by atoms with E-state index in [1.165, 1.54) is 4.88 Å². The van der Waals surface area contributed by atoms with Crippen LogP contribution in [0.3, 0.4) is 0 Å². The van der Waals surface area contributed by atoms with E-state index in [2.05, 4.69) is 58.7 Å². The maximum absolute atomic E-state index is 6.38. The molecule has 96 valence electrons. The van der Waals surface area contributed by atoms with Crippen LogP contribution < -0.4 is 5.32 Å².